The fraction of sp³-hybridized carbons (Fsp3) is 0.667. The number of hydrogen-bond acceptors (Lipinski definition) is 3. The summed E-state index contributed by atoms with van der Waals surface area (Å²) in [5.41, 5.74) is 0.615. The quantitative estimate of drug-likeness (QED) is 0.471. The van der Waals surface area contributed by atoms with Crippen LogP contribution in [0.1, 0.15) is 18.9 Å². The number of rotatable bonds is 5. The second-order valence-electron chi connectivity index (χ2n) is 3.54. The molecule has 6 heteroatoms. The lowest BCUT2D eigenvalue weighted by molar-refractivity contribution is -0.390. The zero-order valence-electron chi connectivity index (χ0n) is 8.81. The Balaban J connectivity index is 2.79. The van der Waals surface area contributed by atoms with Crippen molar-refractivity contribution in [1.29, 1.82) is 0 Å². The molecule has 0 fully saturated rings. The van der Waals surface area contributed by atoms with Gasteiger partial charge in [-0.2, -0.15) is 4.68 Å². The Morgan fingerprint density at radius 1 is 1.73 bits per heavy atom. The van der Waals surface area contributed by atoms with Crippen molar-refractivity contribution in [2.45, 2.75) is 26.8 Å². The van der Waals surface area contributed by atoms with Gasteiger partial charge in [-0.1, -0.05) is 29.3 Å². The Kier molecular flexibility index (Phi) is 4.26. The number of nitro groups is 1. The Morgan fingerprint density at radius 3 is 2.80 bits per heavy atom. The van der Waals surface area contributed by atoms with Crippen LogP contribution in [0, 0.1) is 23.0 Å². The molecule has 0 bridgehead atoms. The van der Waals surface area contributed by atoms with E-state index in [2.05, 4.69) is 28.0 Å². The second-order valence-corrected chi connectivity index (χ2v) is 4.19. The molecular weight excluding hydrogens is 262 g/mol. The van der Waals surface area contributed by atoms with Crippen molar-refractivity contribution in [3.8, 4) is 0 Å². The molecule has 0 N–H and O–H groups in total. The van der Waals surface area contributed by atoms with Crippen LogP contribution in [-0.2, 0) is 6.54 Å². The largest absolute Gasteiger partial charge is 0.392 e. The van der Waals surface area contributed by atoms with Gasteiger partial charge in [0.2, 0.25) is 0 Å². The molecule has 1 rings (SSSR count). The van der Waals surface area contributed by atoms with Gasteiger partial charge in [-0.15, -0.1) is 0 Å². The molecule has 1 unspecified atom stereocenters. The van der Waals surface area contributed by atoms with E-state index >= 15 is 0 Å². The van der Waals surface area contributed by atoms with Crippen molar-refractivity contribution >= 4 is 21.7 Å². The maximum absolute atomic E-state index is 10.6. The summed E-state index contributed by atoms with van der Waals surface area (Å²) in [5, 5.41) is 15.4. The molecule has 0 aliphatic heterocycles. The van der Waals surface area contributed by atoms with E-state index in [0.717, 1.165) is 18.3 Å². The summed E-state index contributed by atoms with van der Waals surface area (Å²) in [4.78, 5) is 10.1. The zero-order chi connectivity index (χ0) is 11.4. The van der Waals surface area contributed by atoms with Crippen molar-refractivity contribution in [1.82, 2.24) is 9.78 Å². The second kappa shape index (κ2) is 5.25. The Hall–Kier alpha value is -0.910. The highest BCUT2D eigenvalue weighted by atomic mass is 79.9. The van der Waals surface area contributed by atoms with Gasteiger partial charge in [0.15, 0.2) is 0 Å². The molecule has 84 valence electrons. The van der Waals surface area contributed by atoms with Crippen LogP contribution in [0.25, 0.3) is 0 Å². The molecule has 0 aromatic carbocycles. The van der Waals surface area contributed by atoms with Crippen LogP contribution in [-0.4, -0.2) is 20.0 Å². The average Bonchev–Trinajstić information content (AvgIpc) is 2.56. The lowest BCUT2D eigenvalue weighted by Crippen LogP contribution is -2.11. The Bertz CT molecular complexity index is 347. The third kappa shape index (κ3) is 3.02. The zero-order valence-corrected chi connectivity index (χ0v) is 10.4. The minimum Gasteiger partial charge on any atom is -0.358 e. The molecule has 1 atom stereocenters. The number of halogens is 1. The minimum atomic E-state index is -0.444. The minimum absolute atomic E-state index is 0.0422. The van der Waals surface area contributed by atoms with Gasteiger partial charge in [-0.3, -0.25) is 0 Å². The normalized spacial score (nSPS) is 12.7. The highest BCUT2D eigenvalue weighted by Crippen LogP contribution is 2.16. The van der Waals surface area contributed by atoms with Crippen LogP contribution >= 0.6 is 15.9 Å². The predicted octanol–water partition coefficient (Wildman–Crippen LogP) is 2.52. The molecule has 0 spiro atoms. The first kappa shape index (κ1) is 12.2. The van der Waals surface area contributed by atoms with Crippen LogP contribution < -0.4 is 0 Å². The highest BCUT2D eigenvalue weighted by molar-refractivity contribution is 9.09. The van der Waals surface area contributed by atoms with Crippen molar-refractivity contribution in [3.63, 3.8) is 0 Å². The summed E-state index contributed by atoms with van der Waals surface area (Å²) in [5.74, 6) is 0.420. The van der Waals surface area contributed by atoms with E-state index in [1.54, 1.807) is 17.8 Å². The Labute approximate surface area is 96.7 Å². The van der Waals surface area contributed by atoms with Gasteiger partial charge in [0.05, 0.1) is 23.4 Å². The number of aryl methyl sites for hydroxylation is 1. The maximum Gasteiger partial charge on any atom is 0.392 e. The summed E-state index contributed by atoms with van der Waals surface area (Å²) in [7, 11) is 0. The molecule has 0 amide bonds. The molecule has 5 nitrogen and oxygen atoms in total. The summed E-state index contributed by atoms with van der Waals surface area (Å²) in [6, 6.07) is 0. The van der Waals surface area contributed by atoms with Gasteiger partial charge in [0.25, 0.3) is 0 Å². The summed E-state index contributed by atoms with van der Waals surface area (Å²) < 4.78 is 1.66. The van der Waals surface area contributed by atoms with E-state index in [9.17, 15) is 10.1 Å². The molecule has 1 heterocycles. The van der Waals surface area contributed by atoms with Crippen molar-refractivity contribution < 1.29 is 4.92 Å². The Morgan fingerprint density at radius 2 is 2.40 bits per heavy atom. The van der Waals surface area contributed by atoms with Gasteiger partial charge in [-0.05, 0) is 17.8 Å². The third-order valence-electron chi connectivity index (χ3n) is 2.33. The van der Waals surface area contributed by atoms with Gasteiger partial charge < -0.3 is 10.1 Å². The first-order valence-corrected chi connectivity index (χ1v) is 5.95. The van der Waals surface area contributed by atoms with Crippen LogP contribution in [0.15, 0.2) is 6.20 Å². The summed E-state index contributed by atoms with van der Waals surface area (Å²) in [6.45, 7) is 4.52. The third-order valence-corrected chi connectivity index (χ3v) is 3.25. The van der Waals surface area contributed by atoms with E-state index in [4.69, 9.17) is 0 Å². The molecular formula is C9H14BrN3O2. The monoisotopic (exact) mass is 275 g/mol. The maximum atomic E-state index is 10.6. The molecule has 0 aliphatic carbocycles. The molecule has 0 saturated heterocycles. The smallest absolute Gasteiger partial charge is 0.358 e. The molecule has 0 saturated carbocycles. The van der Waals surface area contributed by atoms with Gasteiger partial charge in [-0.25, -0.2) is 0 Å². The van der Waals surface area contributed by atoms with Crippen molar-refractivity contribution in [2.75, 3.05) is 5.33 Å². The lowest BCUT2D eigenvalue weighted by Gasteiger charge is -2.07. The fourth-order valence-corrected chi connectivity index (χ4v) is 2.00. The first-order chi connectivity index (χ1) is 7.08. The van der Waals surface area contributed by atoms with Gasteiger partial charge >= 0.3 is 5.82 Å². The first-order valence-electron chi connectivity index (χ1n) is 4.82. The van der Waals surface area contributed by atoms with E-state index in [1.165, 1.54) is 0 Å². The van der Waals surface area contributed by atoms with Crippen LogP contribution in [0.5, 0.6) is 0 Å². The standard InChI is InChI=1S/C9H14BrN3O2/c1-3-8(4-10)6-12-5-7(2)9(11-12)13(14)15/h5,8H,3-4,6H2,1-2H3. The number of nitrogens with zero attached hydrogens (tertiary/aromatic N) is 3. The van der Waals surface area contributed by atoms with Crippen molar-refractivity contribution in [3.05, 3.63) is 21.9 Å². The van der Waals surface area contributed by atoms with Crippen molar-refractivity contribution in [2.24, 2.45) is 5.92 Å². The molecule has 1 aromatic heterocycles. The van der Waals surface area contributed by atoms with Crippen LogP contribution in [0.4, 0.5) is 5.82 Å². The predicted molar refractivity (Wildman–Crippen MR) is 61.2 cm³/mol. The van der Waals surface area contributed by atoms with Gasteiger partial charge in [0, 0.05) is 5.33 Å². The van der Waals surface area contributed by atoms with Gasteiger partial charge in [0.1, 0.15) is 0 Å². The number of alkyl halides is 1. The van der Waals surface area contributed by atoms with E-state index in [-0.39, 0.29) is 5.82 Å². The SMILES string of the molecule is CCC(CBr)Cn1cc(C)c([N+](=O)[O-])n1. The highest BCUT2D eigenvalue weighted by Gasteiger charge is 2.18. The van der Waals surface area contributed by atoms with Crippen LogP contribution in [0.2, 0.25) is 0 Å². The molecule has 1 aromatic rings. The van der Waals surface area contributed by atoms with E-state index in [0.29, 0.717) is 11.5 Å². The van der Waals surface area contributed by atoms with E-state index < -0.39 is 4.92 Å². The average molecular weight is 276 g/mol. The van der Waals surface area contributed by atoms with Crippen LogP contribution in [0.3, 0.4) is 0 Å². The lowest BCUT2D eigenvalue weighted by atomic mass is 10.1. The summed E-state index contributed by atoms with van der Waals surface area (Å²) in [6.07, 6.45) is 2.75. The van der Waals surface area contributed by atoms with E-state index in [1.807, 2.05) is 0 Å². The number of hydrogen-bond donors (Lipinski definition) is 0. The fourth-order valence-electron chi connectivity index (χ4n) is 1.34. The molecule has 15 heavy (non-hydrogen) atoms. The summed E-state index contributed by atoms with van der Waals surface area (Å²) >= 11 is 3.41. The number of aromatic nitrogens is 2. The topological polar surface area (TPSA) is 61.0 Å². The molecule has 0 radical (unpaired) electrons. The molecule has 0 aliphatic rings.